The number of hydrogen-bond donors (Lipinski definition) is 2. The van der Waals surface area contributed by atoms with Crippen LogP contribution in [0, 0.1) is 0 Å². The van der Waals surface area contributed by atoms with Crippen LogP contribution < -0.4 is 15.8 Å². The lowest BCUT2D eigenvalue weighted by molar-refractivity contribution is 0.149. The molecule has 22 heavy (non-hydrogen) atoms. The highest BCUT2D eigenvalue weighted by Gasteiger charge is 2.18. The van der Waals surface area contributed by atoms with Crippen LogP contribution in [-0.2, 0) is 0 Å². The van der Waals surface area contributed by atoms with Crippen LogP contribution in [0.2, 0.25) is 0 Å². The summed E-state index contributed by atoms with van der Waals surface area (Å²) in [6, 6.07) is 7.81. The van der Waals surface area contributed by atoms with Gasteiger partial charge in [-0.1, -0.05) is 18.6 Å². The molecule has 0 amide bonds. The van der Waals surface area contributed by atoms with Crippen molar-refractivity contribution in [3.8, 4) is 5.88 Å². The van der Waals surface area contributed by atoms with E-state index in [1.54, 1.807) is 0 Å². The lowest BCUT2D eigenvalue weighted by Crippen LogP contribution is -2.21. The van der Waals surface area contributed by atoms with E-state index < -0.39 is 0 Å². The Morgan fingerprint density at radius 2 is 1.91 bits per heavy atom. The molecule has 2 aromatic rings. The van der Waals surface area contributed by atoms with Crippen LogP contribution in [0.15, 0.2) is 35.1 Å². The van der Waals surface area contributed by atoms with E-state index in [2.05, 4.69) is 31.2 Å². The van der Waals surface area contributed by atoms with E-state index in [-0.39, 0.29) is 6.10 Å². The molecule has 6 heteroatoms. The zero-order chi connectivity index (χ0) is 15.4. The van der Waals surface area contributed by atoms with Crippen LogP contribution in [0.5, 0.6) is 5.88 Å². The number of anilines is 3. The number of nitrogens with zero attached hydrogens (tertiary/aromatic N) is 2. The molecule has 3 N–H and O–H groups in total. The fraction of sp³-hybridized carbons (Fsp3) is 0.375. The standard InChI is InChI=1S/C16H19BrN4O/c17-12-8-4-5-9-13(12)21-15-14(18)16(20-10-19-15)22-11-6-2-1-3-7-11/h4-5,8-11H,1-3,6-7,18H2,(H,19,20,21). The Hall–Kier alpha value is -1.82. The van der Waals surface area contributed by atoms with Gasteiger partial charge in [0.05, 0.1) is 5.69 Å². The molecular formula is C16H19BrN4O. The van der Waals surface area contributed by atoms with Gasteiger partial charge in [0.15, 0.2) is 5.82 Å². The van der Waals surface area contributed by atoms with Crippen LogP contribution in [0.3, 0.4) is 0 Å². The number of benzene rings is 1. The largest absolute Gasteiger partial charge is 0.473 e. The highest BCUT2D eigenvalue weighted by atomic mass is 79.9. The molecule has 1 aliphatic rings. The van der Waals surface area contributed by atoms with Gasteiger partial charge < -0.3 is 15.8 Å². The zero-order valence-corrected chi connectivity index (χ0v) is 13.8. The number of nitrogens with two attached hydrogens (primary N) is 1. The van der Waals surface area contributed by atoms with Gasteiger partial charge in [-0.05, 0) is 53.7 Å². The fourth-order valence-corrected chi connectivity index (χ4v) is 2.99. The SMILES string of the molecule is Nc1c(Nc2ccccc2Br)ncnc1OC1CCCCC1. The average Bonchev–Trinajstić information content (AvgIpc) is 2.54. The molecule has 0 bridgehead atoms. The van der Waals surface area contributed by atoms with E-state index in [1.807, 2.05) is 24.3 Å². The van der Waals surface area contributed by atoms with E-state index in [0.717, 1.165) is 23.0 Å². The van der Waals surface area contributed by atoms with E-state index in [4.69, 9.17) is 10.5 Å². The molecule has 0 spiro atoms. The third-order valence-electron chi connectivity index (χ3n) is 3.80. The number of nitrogens with one attached hydrogen (secondary N) is 1. The third-order valence-corrected chi connectivity index (χ3v) is 4.50. The van der Waals surface area contributed by atoms with Gasteiger partial charge in [0.2, 0.25) is 5.88 Å². The predicted molar refractivity (Wildman–Crippen MR) is 91.4 cm³/mol. The Labute approximate surface area is 138 Å². The summed E-state index contributed by atoms with van der Waals surface area (Å²) in [5.41, 5.74) is 7.52. The molecule has 1 fully saturated rings. The number of halogens is 1. The van der Waals surface area contributed by atoms with E-state index in [1.165, 1.54) is 25.6 Å². The van der Waals surface area contributed by atoms with Crippen molar-refractivity contribution in [3.63, 3.8) is 0 Å². The Morgan fingerprint density at radius 1 is 1.14 bits per heavy atom. The monoisotopic (exact) mass is 362 g/mol. The fourth-order valence-electron chi connectivity index (χ4n) is 2.60. The second-order valence-electron chi connectivity index (χ2n) is 5.42. The summed E-state index contributed by atoms with van der Waals surface area (Å²) >= 11 is 3.50. The van der Waals surface area contributed by atoms with Crippen LogP contribution in [0.4, 0.5) is 17.2 Å². The summed E-state index contributed by atoms with van der Waals surface area (Å²) in [5, 5.41) is 3.22. The normalized spacial score (nSPS) is 15.5. The highest BCUT2D eigenvalue weighted by Crippen LogP contribution is 2.32. The molecule has 0 unspecified atom stereocenters. The van der Waals surface area contributed by atoms with Crippen molar-refractivity contribution in [2.75, 3.05) is 11.1 Å². The molecule has 1 aliphatic carbocycles. The van der Waals surface area contributed by atoms with Crippen molar-refractivity contribution in [1.82, 2.24) is 9.97 Å². The van der Waals surface area contributed by atoms with E-state index in [9.17, 15) is 0 Å². The lowest BCUT2D eigenvalue weighted by atomic mass is 9.98. The molecule has 5 nitrogen and oxygen atoms in total. The van der Waals surface area contributed by atoms with Crippen molar-refractivity contribution in [1.29, 1.82) is 0 Å². The van der Waals surface area contributed by atoms with Gasteiger partial charge in [-0.25, -0.2) is 4.98 Å². The molecule has 0 radical (unpaired) electrons. The minimum Gasteiger partial charge on any atom is -0.473 e. The van der Waals surface area contributed by atoms with Gasteiger partial charge >= 0.3 is 0 Å². The maximum absolute atomic E-state index is 6.17. The van der Waals surface area contributed by atoms with Crippen molar-refractivity contribution in [2.24, 2.45) is 0 Å². The van der Waals surface area contributed by atoms with E-state index in [0.29, 0.717) is 17.4 Å². The van der Waals surface area contributed by atoms with Crippen LogP contribution in [0.25, 0.3) is 0 Å². The van der Waals surface area contributed by atoms with Crippen LogP contribution in [-0.4, -0.2) is 16.1 Å². The first-order chi connectivity index (χ1) is 10.7. The maximum Gasteiger partial charge on any atom is 0.242 e. The summed E-state index contributed by atoms with van der Waals surface area (Å²) < 4.78 is 6.91. The van der Waals surface area contributed by atoms with Crippen LogP contribution >= 0.6 is 15.9 Å². The molecule has 1 heterocycles. The topological polar surface area (TPSA) is 73.1 Å². The quantitative estimate of drug-likeness (QED) is 0.848. The van der Waals surface area contributed by atoms with Crippen molar-refractivity contribution in [2.45, 2.75) is 38.2 Å². The Morgan fingerprint density at radius 3 is 2.68 bits per heavy atom. The number of hydrogen-bond acceptors (Lipinski definition) is 5. The average molecular weight is 363 g/mol. The van der Waals surface area contributed by atoms with Crippen molar-refractivity contribution >= 4 is 33.1 Å². The molecule has 116 valence electrons. The molecule has 0 atom stereocenters. The first-order valence-corrected chi connectivity index (χ1v) is 8.32. The van der Waals surface area contributed by atoms with Gasteiger partial charge in [0.25, 0.3) is 0 Å². The van der Waals surface area contributed by atoms with Crippen molar-refractivity contribution < 1.29 is 4.74 Å². The number of para-hydroxylation sites is 1. The van der Waals surface area contributed by atoms with Gasteiger partial charge in [-0.3, -0.25) is 0 Å². The summed E-state index contributed by atoms with van der Waals surface area (Å²) in [7, 11) is 0. The summed E-state index contributed by atoms with van der Waals surface area (Å²) in [5.74, 6) is 1.03. The minimum absolute atomic E-state index is 0.210. The predicted octanol–water partition coefficient (Wildman–Crippen LogP) is 4.28. The molecule has 0 saturated heterocycles. The van der Waals surface area contributed by atoms with Gasteiger partial charge in [0.1, 0.15) is 18.1 Å². The second kappa shape index (κ2) is 6.96. The molecule has 1 aromatic heterocycles. The number of nitrogen functional groups attached to an aromatic ring is 1. The third kappa shape index (κ3) is 3.50. The first-order valence-electron chi connectivity index (χ1n) is 7.52. The number of rotatable bonds is 4. The molecule has 3 rings (SSSR count). The van der Waals surface area contributed by atoms with Gasteiger partial charge in [-0.2, -0.15) is 4.98 Å². The summed E-state index contributed by atoms with van der Waals surface area (Å²) in [4.78, 5) is 8.41. The Kier molecular flexibility index (Phi) is 4.77. The molecular weight excluding hydrogens is 344 g/mol. The second-order valence-corrected chi connectivity index (χ2v) is 6.28. The smallest absolute Gasteiger partial charge is 0.242 e. The van der Waals surface area contributed by atoms with E-state index >= 15 is 0 Å². The number of ether oxygens (including phenoxy) is 1. The molecule has 0 aliphatic heterocycles. The zero-order valence-electron chi connectivity index (χ0n) is 12.3. The molecule has 1 saturated carbocycles. The summed E-state index contributed by atoms with van der Waals surface area (Å²) in [6.07, 6.45) is 7.52. The number of aromatic nitrogens is 2. The summed E-state index contributed by atoms with van der Waals surface area (Å²) in [6.45, 7) is 0. The lowest BCUT2D eigenvalue weighted by Gasteiger charge is -2.23. The van der Waals surface area contributed by atoms with Gasteiger partial charge in [-0.15, -0.1) is 0 Å². The Balaban J connectivity index is 1.78. The maximum atomic E-state index is 6.17. The van der Waals surface area contributed by atoms with Crippen molar-refractivity contribution in [3.05, 3.63) is 35.1 Å². The highest BCUT2D eigenvalue weighted by molar-refractivity contribution is 9.10. The van der Waals surface area contributed by atoms with Crippen LogP contribution in [0.1, 0.15) is 32.1 Å². The molecule has 1 aromatic carbocycles. The van der Waals surface area contributed by atoms with Gasteiger partial charge in [0, 0.05) is 4.47 Å². The Bertz CT molecular complexity index is 644. The first kappa shape index (κ1) is 15.1. The minimum atomic E-state index is 0.210.